The van der Waals surface area contributed by atoms with E-state index >= 15 is 0 Å². The molecule has 0 amide bonds. The third-order valence-electron chi connectivity index (χ3n) is 6.74. The summed E-state index contributed by atoms with van der Waals surface area (Å²) in [5.41, 5.74) is 3.61. The van der Waals surface area contributed by atoms with Gasteiger partial charge >= 0.3 is 0 Å². The summed E-state index contributed by atoms with van der Waals surface area (Å²) >= 11 is 0. The van der Waals surface area contributed by atoms with Crippen LogP contribution in [0.2, 0.25) is 0 Å². The van der Waals surface area contributed by atoms with Gasteiger partial charge in [0.15, 0.2) is 0 Å². The Balaban J connectivity index is 1.35. The van der Waals surface area contributed by atoms with Crippen LogP contribution in [-0.4, -0.2) is 42.9 Å². The number of piperidine rings is 1. The number of benzene rings is 3. The number of nitrogens with zero attached hydrogens (tertiary/aromatic N) is 1. The van der Waals surface area contributed by atoms with E-state index in [-0.39, 0.29) is 17.6 Å². The first-order valence-electron chi connectivity index (χ1n) is 11.7. The number of likely N-dealkylation sites (tertiary alicyclic amines) is 1. The Morgan fingerprint density at radius 2 is 1.66 bits per heavy atom. The number of phenolic OH excluding ortho intramolecular Hbond substituents is 1. The van der Waals surface area contributed by atoms with Crippen LogP contribution in [0.15, 0.2) is 72.8 Å². The smallest absolute Gasteiger partial charge is 0.126 e. The number of fused-ring (bicyclic) bond motifs is 1. The van der Waals surface area contributed by atoms with E-state index in [0.29, 0.717) is 6.61 Å². The van der Waals surface area contributed by atoms with Gasteiger partial charge in [0.1, 0.15) is 23.9 Å². The minimum Gasteiger partial charge on any atom is -0.508 e. The molecular weight excluding hydrogens is 398 g/mol. The summed E-state index contributed by atoms with van der Waals surface area (Å²) in [6, 6.07) is 24.6. The van der Waals surface area contributed by atoms with E-state index in [1.807, 2.05) is 12.1 Å². The highest BCUT2D eigenvalue weighted by Crippen LogP contribution is 2.47. The molecule has 0 bridgehead atoms. The minimum atomic E-state index is 0.157. The maximum Gasteiger partial charge on any atom is 0.126 e. The van der Waals surface area contributed by atoms with Gasteiger partial charge in [-0.3, -0.25) is 4.90 Å². The number of phenols is 1. The highest BCUT2D eigenvalue weighted by Gasteiger charge is 2.33. The van der Waals surface area contributed by atoms with Crippen molar-refractivity contribution in [2.75, 3.05) is 32.8 Å². The van der Waals surface area contributed by atoms with Crippen molar-refractivity contribution in [1.82, 2.24) is 4.90 Å². The van der Waals surface area contributed by atoms with E-state index in [4.69, 9.17) is 9.47 Å². The van der Waals surface area contributed by atoms with Gasteiger partial charge in [-0.15, -0.1) is 0 Å². The third-order valence-corrected chi connectivity index (χ3v) is 6.74. The number of rotatable bonds is 6. The molecule has 1 N–H and O–H groups in total. The topological polar surface area (TPSA) is 41.9 Å². The van der Waals surface area contributed by atoms with Gasteiger partial charge in [-0.25, -0.2) is 0 Å². The lowest BCUT2D eigenvalue weighted by Gasteiger charge is -2.34. The van der Waals surface area contributed by atoms with Crippen LogP contribution in [-0.2, 0) is 0 Å². The highest BCUT2D eigenvalue weighted by atomic mass is 16.5. The maximum atomic E-state index is 9.94. The van der Waals surface area contributed by atoms with E-state index < -0.39 is 0 Å². The molecule has 0 radical (unpaired) electrons. The molecule has 3 aromatic carbocycles. The van der Waals surface area contributed by atoms with Gasteiger partial charge in [-0.05, 0) is 55.3 Å². The van der Waals surface area contributed by atoms with Gasteiger partial charge in [-0.1, -0.05) is 55.0 Å². The zero-order chi connectivity index (χ0) is 21.8. The lowest BCUT2D eigenvalue weighted by molar-refractivity contribution is 0.183. The number of aromatic hydroxyl groups is 1. The molecule has 0 spiro atoms. The molecule has 4 heteroatoms. The average molecular weight is 430 g/mol. The van der Waals surface area contributed by atoms with Crippen molar-refractivity contribution in [3.63, 3.8) is 0 Å². The first-order chi connectivity index (χ1) is 15.8. The first kappa shape index (κ1) is 20.9. The molecule has 5 rings (SSSR count). The predicted molar refractivity (Wildman–Crippen MR) is 127 cm³/mol. The van der Waals surface area contributed by atoms with Gasteiger partial charge in [0, 0.05) is 30.0 Å². The molecule has 166 valence electrons. The molecule has 1 fully saturated rings. The van der Waals surface area contributed by atoms with Crippen LogP contribution >= 0.6 is 0 Å². The summed E-state index contributed by atoms with van der Waals surface area (Å²) in [4.78, 5) is 2.50. The first-order valence-corrected chi connectivity index (χ1v) is 11.7. The normalized spacial score (nSPS) is 20.9. The SMILES string of the molecule is Oc1ccc2c(c1)OC[C@H](c1ccccc1)[C@H]2c1ccc(OCCN2CCCCC2)cc1. The van der Waals surface area contributed by atoms with Gasteiger partial charge < -0.3 is 14.6 Å². The van der Waals surface area contributed by atoms with Crippen molar-refractivity contribution in [1.29, 1.82) is 0 Å². The summed E-state index contributed by atoms with van der Waals surface area (Å²) < 4.78 is 12.1. The molecule has 2 aliphatic heterocycles. The van der Waals surface area contributed by atoms with Gasteiger partial charge in [0.2, 0.25) is 0 Å². The Hall–Kier alpha value is -2.98. The molecule has 2 aliphatic rings. The molecule has 0 aromatic heterocycles. The molecule has 2 heterocycles. The second-order valence-electron chi connectivity index (χ2n) is 8.85. The van der Waals surface area contributed by atoms with Crippen LogP contribution in [0.4, 0.5) is 0 Å². The summed E-state index contributed by atoms with van der Waals surface area (Å²) in [6.07, 6.45) is 3.97. The van der Waals surface area contributed by atoms with Crippen molar-refractivity contribution >= 4 is 0 Å². The van der Waals surface area contributed by atoms with Crippen LogP contribution in [0.25, 0.3) is 0 Å². The second kappa shape index (κ2) is 9.66. The highest BCUT2D eigenvalue weighted by molar-refractivity contribution is 5.50. The monoisotopic (exact) mass is 429 g/mol. The second-order valence-corrected chi connectivity index (χ2v) is 8.85. The van der Waals surface area contributed by atoms with Crippen molar-refractivity contribution in [2.24, 2.45) is 0 Å². The van der Waals surface area contributed by atoms with E-state index in [9.17, 15) is 5.11 Å². The Kier molecular flexibility index (Phi) is 6.31. The Morgan fingerprint density at radius 1 is 0.875 bits per heavy atom. The van der Waals surface area contributed by atoms with Crippen LogP contribution in [0.5, 0.6) is 17.2 Å². The summed E-state index contributed by atoms with van der Waals surface area (Å²) in [5, 5.41) is 9.94. The zero-order valence-electron chi connectivity index (χ0n) is 18.5. The molecular formula is C28H31NO3. The lowest BCUT2D eigenvalue weighted by atomic mass is 9.76. The Labute approximate surface area is 190 Å². The van der Waals surface area contributed by atoms with Gasteiger partial charge in [-0.2, -0.15) is 0 Å². The number of ether oxygens (including phenoxy) is 2. The largest absolute Gasteiger partial charge is 0.508 e. The van der Waals surface area contributed by atoms with Crippen molar-refractivity contribution in [2.45, 2.75) is 31.1 Å². The number of hydrogen-bond acceptors (Lipinski definition) is 4. The number of hydrogen-bond donors (Lipinski definition) is 1. The molecule has 4 nitrogen and oxygen atoms in total. The summed E-state index contributed by atoms with van der Waals surface area (Å²) in [5.74, 6) is 2.28. The summed E-state index contributed by atoms with van der Waals surface area (Å²) in [6.45, 7) is 4.70. The third kappa shape index (κ3) is 4.61. The fourth-order valence-corrected chi connectivity index (χ4v) is 5.05. The molecule has 1 saturated heterocycles. The lowest BCUT2D eigenvalue weighted by Crippen LogP contribution is -2.33. The van der Waals surface area contributed by atoms with Crippen LogP contribution in [0.3, 0.4) is 0 Å². The molecule has 0 aliphatic carbocycles. The van der Waals surface area contributed by atoms with Crippen LogP contribution in [0, 0.1) is 0 Å². The zero-order valence-corrected chi connectivity index (χ0v) is 18.5. The molecule has 2 atom stereocenters. The van der Waals surface area contributed by atoms with E-state index in [1.54, 1.807) is 12.1 Å². The molecule has 32 heavy (non-hydrogen) atoms. The van der Waals surface area contributed by atoms with E-state index in [2.05, 4.69) is 53.4 Å². The van der Waals surface area contributed by atoms with Crippen LogP contribution < -0.4 is 9.47 Å². The fraction of sp³-hybridized carbons (Fsp3) is 0.357. The average Bonchev–Trinajstić information content (AvgIpc) is 2.85. The molecule has 0 unspecified atom stereocenters. The van der Waals surface area contributed by atoms with Crippen molar-refractivity contribution in [3.05, 3.63) is 89.5 Å². The molecule has 3 aromatic rings. The maximum absolute atomic E-state index is 9.94. The van der Waals surface area contributed by atoms with Gasteiger partial charge in [0.05, 0.1) is 6.61 Å². The quantitative estimate of drug-likeness (QED) is 0.557. The fourth-order valence-electron chi connectivity index (χ4n) is 5.05. The van der Waals surface area contributed by atoms with Crippen molar-refractivity contribution in [3.8, 4) is 17.2 Å². The van der Waals surface area contributed by atoms with Crippen LogP contribution in [0.1, 0.15) is 47.8 Å². The Bertz CT molecular complexity index is 1010. The van der Waals surface area contributed by atoms with E-state index in [1.165, 1.54) is 43.5 Å². The minimum absolute atomic E-state index is 0.157. The van der Waals surface area contributed by atoms with Gasteiger partial charge in [0.25, 0.3) is 0 Å². The summed E-state index contributed by atoms with van der Waals surface area (Å²) in [7, 11) is 0. The van der Waals surface area contributed by atoms with Crippen molar-refractivity contribution < 1.29 is 14.6 Å². The standard InChI is InChI=1S/C28H31NO3/c30-23-11-14-25-27(19-23)32-20-26(21-7-3-1-4-8-21)28(25)22-9-12-24(13-10-22)31-18-17-29-15-5-2-6-16-29/h1,3-4,7-14,19,26,28,30H,2,5-6,15-18,20H2/t26-,28+/m1/s1. The van der Waals surface area contributed by atoms with E-state index in [0.717, 1.165) is 30.2 Å². The predicted octanol–water partition coefficient (Wildman–Crippen LogP) is 5.57. The molecule has 0 saturated carbocycles. The Morgan fingerprint density at radius 3 is 2.44 bits per heavy atom.